The Hall–Kier alpha value is -3.36. The number of thiocarbonyl (C=S) groups is 1. The molecule has 11 heteroatoms. The number of rotatable bonds is 4. The molecule has 2 aliphatic heterocycles. The van der Waals surface area contributed by atoms with Crippen molar-refractivity contribution in [1.82, 2.24) is 30.2 Å². The second-order valence-electron chi connectivity index (χ2n) is 7.25. The fourth-order valence-electron chi connectivity index (χ4n) is 3.49. The van der Waals surface area contributed by atoms with Crippen LogP contribution in [-0.4, -0.2) is 82.2 Å². The predicted molar refractivity (Wildman–Crippen MR) is 128 cm³/mol. The van der Waals surface area contributed by atoms with Gasteiger partial charge in [-0.05, 0) is 19.1 Å². The number of anilines is 2. The Kier molecular flexibility index (Phi) is 8.65. The molecule has 10 nitrogen and oxygen atoms in total. The van der Waals surface area contributed by atoms with Crippen LogP contribution >= 0.6 is 12.2 Å². The van der Waals surface area contributed by atoms with E-state index in [2.05, 4.69) is 46.0 Å². The lowest BCUT2D eigenvalue weighted by Crippen LogP contribution is -2.46. The molecule has 2 fully saturated rings. The van der Waals surface area contributed by atoms with Gasteiger partial charge in [-0.1, -0.05) is 12.2 Å². The molecule has 0 amide bonds. The van der Waals surface area contributed by atoms with Crippen molar-refractivity contribution in [3.8, 4) is 6.07 Å². The zero-order chi connectivity index (χ0) is 22.8. The highest BCUT2D eigenvalue weighted by Crippen LogP contribution is 2.16. The van der Waals surface area contributed by atoms with Crippen LogP contribution in [0.15, 0.2) is 48.2 Å². The van der Waals surface area contributed by atoms with Crippen LogP contribution in [0, 0.1) is 11.3 Å². The number of piperazine rings is 2. The first-order chi connectivity index (χ1) is 15.6. The highest BCUT2D eigenvalue weighted by molar-refractivity contribution is 7.80. The van der Waals surface area contributed by atoms with Crippen molar-refractivity contribution in [1.29, 1.82) is 5.26 Å². The van der Waals surface area contributed by atoms with Gasteiger partial charge in [0.2, 0.25) is 11.9 Å². The number of nitrogens with one attached hydrogen (secondary N) is 1. The summed E-state index contributed by atoms with van der Waals surface area (Å²) in [4.78, 5) is 23.5. The van der Waals surface area contributed by atoms with E-state index in [0.717, 1.165) is 70.0 Å². The fraction of sp³-hybridized carbons (Fsp3) is 0.429. The lowest BCUT2D eigenvalue weighted by Gasteiger charge is -2.36. The number of aromatic nitrogens is 4. The van der Waals surface area contributed by atoms with Crippen molar-refractivity contribution in [3.05, 3.63) is 48.2 Å². The number of nitriles is 1. The molecule has 0 aromatic carbocycles. The molecule has 0 spiro atoms. The maximum atomic E-state index is 9.10. The van der Waals surface area contributed by atoms with Gasteiger partial charge in [-0.2, -0.15) is 5.26 Å². The van der Waals surface area contributed by atoms with Gasteiger partial charge in [0.25, 0.3) is 0 Å². The third-order valence-electron chi connectivity index (χ3n) is 5.26. The van der Waals surface area contributed by atoms with E-state index in [4.69, 9.17) is 23.2 Å². The van der Waals surface area contributed by atoms with Gasteiger partial charge in [0.05, 0.1) is 0 Å². The first-order valence-corrected chi connectivity index (χ1v) is 10.9. The third kappa shape index (κ3) is 6.32. The Bertz CT molecular complexity index is 930. The van der Waals surface area contributed by atoms with Crippen molar-refractivity contribution in [3.63, 3.8) is 0 Å². The van der Waals surface area contributed by atoms with Crippen LogP contribution < -0.4 is 20.9 Å². The standard InChI is InChI=1S/C13H16N6S.C8H12N4/c1-10(11(9-14)12(15)20)18-5-7-19(8-6-18)13-16-3-2-4-17-13;1-2-10-8(11-3-1)12-6-4-9-5-7-12/h2-4H,5-8H2,1H3,(H2,15,20);1-3,9H,4-7H2/b11-10-;. The molecule has 32 heavy (non-hydrogen) atoms. The van der Waals surface area contributed by atoms with Crippen molar-refractivity contribution >= 4 is 29.1 Å². The Labute approximate surface area is 193 Å². The van der Waals surface area contributed by atoms with Gasteiger partial charge in [0, 0.05) is 82.8 Å². The second kappa shape index (κ2) is 11.9. The smallest absolute Gasteiger partial charge is 0.225 e. The van der Waals surface area contributed by atoms with E-state index in [1.807, 2.05) is 13.0 Å². The number of nitrogens with two attached hydrogens (primary N) is 1. The van der Waals surface area contributed by atoms with Gasteiger partial charge in [0.15, 0.2) is 0 Å². The van der Waals surface area contributed by atoms with Gasteiger partial charge in [-0.25, -0.2) is 19.9 Å². The van der Waals surface area contributed by atoms with Crippen molar-refractivity contribution in [2.45, 2.75) is 6.92 Å². The number of hydrogen-bond acceptors (Lipinski definition) is 10. The minimum Gasteiger partial charge on any atom is -0.389 e. The van der Waals surface area contributed by atoms with E-state index >= 15 is 0 Å². The molecule has 0 aliphatic carbocycles. The topological polar surface area (TPSA) is 123 Å². The highest BCUT2D eigenvalue weighted by atomic mass is 32.1. The lowest BCUT2D eigenvalue weighted by molar-refractivity contribution is 0.319. The first-order valence-electron chi connectivity index (χ1n) is 10.5. The van der Waals surface area contributed by atoms with E-state index in [9.17, 15) is 0 Å². The predicted octanol–water partition coefficient (Wildman–Crippen LogP) is 0.568. The molecule has 2 aromatic heterocycles. The summed E-state index contributed by atoms with van der Waals surface area (Å²) in [5, 5.41) is 12.4. The molecule has 0 atom stereocenters. The van der Waals surface area contributed by atoms with Crippen LogP contribution in [0.4, 0.5) is 11.9 Å². The molecule has 168 valence electrons. The van der Waals surface area contributed by atoms with E-state index in [1.54, 1.807) is 30.9 Å². The average molecular weight is 453 g/mol. The van der Waals surface area contributed by atoms with Gasteiger partial charge in [0.1, 0.15) is 16.6 Å². The monoisotopic (exact) mass is 452 g/mol. The molecular formula is C21H28N10S. The van der Waals surface area contributed by atoms with Crippen molar-refractivity contribution in [2.24, 2.45) is 5.73 Å². The van der Waals surface area contributed by atoms with Crippen molar-refractivity contribution < 1.29 is 0 Å². The second-order valence-corrected chi connectivity index (χ2v) is 7.69. The maximum Gasteiger partial charge on any atom is 0.225 e. The Morgan fingerprint density at radius 2 is 1.38 bits per heavy atom. The van der Waals surface area contributed by atoms with Crippen LogP contribution in [0.2, 0.25) is 0 Å². The molecule has 0 unspecified atom stereocenters. The first kappa shape index (κ1) is 23.3. The van der Waals surface area contributed by atoms with E-state index in [0.29, 0.717) is 5.57 Å². The van der Waals surface area contributed by atoms with Crippen LogP contribution in [-0.2, 0) is 0 Å². The lowest BCUT2D eigenvalue weighted by atomic mass is 10.2. The quantitative estimate of drug-likeness (QED) is 0.384. The zero-order valence-corrected chi connectivity index (χ0v) is 19.0. The number of nitrogens with zero attached hydrogens (tertiary/aromatic N) is 8. The fourth-order valence-corrected chi connectivity index (χ4v) is 3.68. The SMILES string of the molecule is C/C(=C(\C#N)C(N)=S)N1CCN(c2ncccn2)CC1.c1cnc(N2CCNCC2)nc1. The van der Waals surface area contributed by atoms with E-state index < -0.39 is 0 Å². The van der Waals surface area contributed by atoms with Crippen LogP contribution in [0.3, 0.4) is 0 Å². The molecule has 2 aromatic rings. The molecule has 4 heterocycles. The highest BCUT2D eigenvalue weighted by Gasteiger charge is 2.21. The maximum absolute atomic E-state index is 9.10. The Morgan fingerprint density at radius 3 is 1.81 bits per heavy atom. The summed E-state index contributed by atoms with van der Waals surface area (Å²) in [6, 6.07) is 5.71. The summed E-state index contributed by atoms with van der Waals surface area (Å²) in [6.07, 6.45) is 7.04. The number of hydrogen-bond donors (Lipinski definition) is 2. The molecule has 3 N–H and O–H groups in total. The van der Waals surface area contributed by atoms with Crippen LogP contribution in [0.5, 0.6) is 0 Å². The molecule has 2 aliphatic rings. The summed E-state index contributed by atoms with van der Waals surface area (Å²) in [5.41, 5.74) is 6.80. The normalized spacial score (nSPS) is 16.9. The zero-order valence-electron chi connectivity index (χ0n) is 18.2. The Morgan fingerprint density at radius 1 is 0.906 bits per heavy atom. The van der Waals surface area contributed by atoms with Crippen LogP contribution in [0.1, 0.15) is 6.92 Å². The summed E-state index contributed by atoms with van der Waals surface area (Å²) in [7, 11) is 0. The average Bonchev–Trinajstić information content (AvgIpc) is 2.86. The molecule has 2 saturated heterocycles. The van der Waals surface area contributed by atoms with Crippen LogP contribution in [0.25, 0.3) is 0 Å². The third-order valence-corrected chi connectivity index (χ3v) is 5.47. The largest absolute Gasteiger partial charge is 0.389 e. The summed E-state index contributed by atoms with van der Waals surface area (Å²) in [5.74, 6) is 1.59. The van der Waals surface area contributed by atoms with Gasteiger partial charge in [-0.15, -0.1) is 0 Å². The molecule has 0 saturated carbocycles. The summed E-state index contributed by atoms with van der Waals surface area (Å²) < 4.78 is 0. The minimum atomic E-state index is 0.152. The summed E-state index contributed by atoms with van der Waals surface area (Å²) in [6.45, 7) is 9.13. The number of allylic oxidation sites excluding steroid dienone is 1. The van der Waals surface area contributed by atoms with Crippen molar-refractivity contribution in [2.75, 3.05) is 62.2 Å². The van der Waals surface area contributed by atoms with Gasteiger partial charge < -0.3 is 25.8 Å². The molecular weight excluding hydrogens is 424 g/mol. The molecule has 0 bridgehead atoms. The Balaban J connectivity index is 0.000000204. The van der Waals surface area contributed by atoms with Gasteiger partial charge in [-0.3, -0.25) is 0 Å². The van der Waals surface area contributed by atoms with E-state index in [-0.39, 0.29) is 4.99 Å². The van der Waals surface area contributed by atoms with Gasteiger partial charge >= 0.3 is 0 Å². The molecule has 4 rings (SSSR count). The summed E-state index contributed by atoms with van der Waals surface area (Å²) >= 11 is 4.90. The van der Waals surface area contributed by atoms with E-state index in [1.165, 1.54) is 0 Å². The molecule has 0 radical (unpaired) electrons. The minimum absolute atomic E-state index is 0.152.